The lowest BCUT2D eigenvalue weighted by Crippen LogP contribution is -2.13. The first-order valence-corrected chi connectivity index (χ1v) is 6.18. The minimum Gasteiger partial charge on any atom is -0.366 e. The number of rotatable bonds is 2. The van der Waals surface area contributed by atoms with Gasteiger partial charge >= 0.3 is 0 Å². The Kier molecular flexibility index (Phi) is 2.68. The maximum Gasteiger partial charge on any atom is 0.256 e. The molecule has 100 valence electrons. The van der Waals surface area contributed by atoms with Crippen molar-refractivity contribution in [2.75, 3.05) is 5.32 Å². The van der Waals surface area contributed by atoms with E-state index in [0.29, 0.717) is 22.4 Å². The van der Waals surface area contributed by atoms with E-state index in [2.05, 4.69) is 10.3 Å². The molecule has 5 heteroatoms. The van der Waals surface area contributed by atoms with Gasteiger partial charge in [-0.1, -0.05) is 18.2 Å². The number of allylic oxidation sites excluding steroid dienone is 1. The number of H-pyrrole nitrogens is 1. The van der Waals surface area contributed by atoms with Crippen LogP contribution in [0.1, 0.15) is 28.5 Å². The van der Waals surface area contributed by atoms with Gasteiger partial charge in [0, 0.05) is 17.4 Å². The number of primary amides is 1. The van der Waals surface area contributed by atoms with Gasteiger partial charge in [-0.2, -0.15) is 0 Å². The molecule has 0 unspecified atom stereocenters. The van der Waals surface area contributed by atoms with Crippen LogP contribution in [0.2, 0.25) is 0 Å². The number of benzene rings is 1. The van der Waals surface area contributed by atoms with Gasteiger partial charge in [0.15, 0.2) is 0 Å². The summed E-state index contributed by atoms with van der Waals surface area (Å²) in [5.74, 6) is -0.693. The number of nitrogens with one attached hydrogen (secondary N) is 2. The number of carbonyl (C=O) groups excluding carboxylic acids is 2. The van der Waals surface area contributed by atoms with Crippen LogP contribution in [0.3, 0.4) is 0 Å². The second-order valence-electron chi connectivity index (χ2n) is 4.63. The Labute approximate surface area is 115 Å². The fourth-order valence-electron chi connectivity index (χ4n) is 2.50. The van der Waals surface area contributed by atoms with Crippen molar-refractivity contribution in [3.05, 3.63) is 53.3 Å². The van der Waals surface area contributed by atoms with Crippen LogP contribution in [0.5, 0.6) is 0 Å². The van der Waals surface area contributed by atoms with E-state index in [0.717, 1.165) is 11.3 Å². The first kappa shape index (κ1) is 12.2. The molecule has 4 N–H and O–H groups in total. The number of nitrogens with two attached hydrogens (primary N) is 1. The minimum atomic E-state index is -0.520. The summed E-state index contributed by atoms with van der Waals surface area (Å²) >= 11 is 0. The molecule has 2 aromatic rings. The molecule has 0 aliphatic carbocycles. The first-order chi connectivity index (χ1) is 9.59. The van der Waals surface area contributed by atoms with Gasteiger partial charge in [-0.05, 0) is 24.6 Å². The summed E-state index contributed by atoms with van der Waals surface area (Å²) in [5, 5.41) is 2.81. The predicted octanol–water partition coefficient (Wildman–Crippen LogP) is 2.00. The zero-order chi connectivity index (χ0) is 14.3. The molecule has 1 aliphatic heterocycles. The molecule has 0 spiro atoms. The highest BCUT2D eigenvalue weighted by Crippen LogP contribution is 2.36. The Balaban J connectivity index is 2.22. The SMILES string of the molecule is C/C(=C1/C(=O)Nc2ccccc21)c1[nH]ccc1C(N)=O. The number of fused-ring (bicyclic) bond motifs is 1. The molecule has 2 amide bonds. The molecule has 0 fully saturated rings. The number of hydrogen-bond donors (Lipinski definition) is 3. The molecule has 0 saturated heterocycles. The summed E-state index contributed by atoms with van der Waals surface area (Å²) < 4.78 is 0. The van der Waals surface area contributed by atoms with Crippen molar-refractivity contribution < 1.29 is 9.59 Å². The van der Waals surface area contributed by atoms with Crippen molar-refractivity contribution in [3.63, 3.8) is 0 Å². The van der Waals surface area contributed by atoms with Crippen molar-refractivity contribution in [3.8, 4) is 0 Å². The van der Waals surface area contributed by atoms with E-state index in [1.807, 2.05) is 24.3 Å². The molecule has 0 saturated carbocycles. The Morgan fingerprint density at radius 1 is 1.20 bits per heavy atom. The number of anilines is 1. The van der Waals surface area contributed by atoms with Crippen LogP contribution in [0.4, 0.5) is 5.69 Å². The van der Waals surface area contributed by atoms with Crippen LogP contribution < -0.4 is 11.1 Å². The summed E-state index contributed by atoms with van der Waals surface area (Å²) in [4.78, 5) is 26.5. The van der Waals surface area contributed by atoms with Crippen molar-refractivity contribution >= 4 is 28.6 Å². The van der Waals surface area contributed by atoms with Crippen LogP contribution in [-0.4, -0.2) is 16.8 Å². The standard InChI is InChI=1S/C15H13N3O2/c1-8(13-10(14(16)19)6-7-17-13)12-9-4-2-3-5-11(9)18-15(12)20/h2-7,17H,1H3,(H2,16,19)(H,18,20)/b12-8-. The molecular weight excluding hydrogens is 254 g/mol. The van der Waals surface area contributed by atoms with E-state index in [4.69, 9.17) is 5.73 Å². The van der Waals surface area contributed by atoms with Gasteiger partial charge in [0.25, 0.3) is 11.8 Å². The van der Waals surface area contributed by atoms with Crippen LogP contribution in [0.15, 0.2) is 36.5 Å². The number of aromatic nitrogens is 1. The minimum absolute atomic E-state index is 0.172. The van der Waals surface area contributed by atoms with Crippen LogP contribution in [0, 0.1) is 0 Å². The largest absolute Gasteiger partial charge is 0.366 e. The van der Waals surface area contributed by atoms with Gasteiger partial charge < -0.3 is 16.0 Å². The highest BCUT2D eigenvalue weighted by Gasteiger charge is 2.27. The highest BCUT2D eigenvalue weighted by atomic mass is 16.2. The zero-order valence-electron chi connectivity index (χ0n) is 10.9. The van der Waals surface area contributed by atoms with Crippen molar-refractivity contribution in [1.29, 1.82) is 0 Å². The number of para-hydroxylation sites is 1. The van der Waals surface area contributed by atoms with Gasteiger partial charge in [-0.3, -0.25) is 9.59 Å². The van der Waals surface area contributed by atoms with Crippen LogP contribution >= 0.6 is 0 Å². The van der Waals surface area contributed by atoms with Gasteiger partial charge in [-0.15, -0.1) is 0 Å². The Morgan fingerprint density at radius 3 is 2.70 bits per heavy atom. The van der Waals surface area contributed by atoms with Crippen molar-refractivity contribution in [2.45, 2.75) is 6.92 Å². The Hall–Kier alpha value is -2.82. The molecule has 0 atom stereocenters. The Bertz CT molecular complexity index is 756. The molecular formula is C15H13N3O2. The number of carbonyl (C=O) groups is 2. The van der Waals surface area contributed by atoms with Crippen LogP contribution in [-0.2, 0) is 4.79 Å². The molecule has 20 heavy (non-hydrogen) atoms. The van der Waals surface area contributed by atoms with Gasteiger partial charge in [0.1, 0.15) is 0 Å². The van der Waals surface area contributed by atoms with Crippen molar-refractivity contribution in [2.24, 2.45) is 5.73 Å². The van der Waals surface area contributed by atoms with Gasteiger partial charge in [-0.25, -0.2) is 0 Å². The normalized spacial score (nSPS) is 15.8. The molecule has 0 radical (unpaired) electrons. The lowest BCUT2D eigenvalue weighted by Gasteiger charge is -2.06. The second kappa shape index (κ2) is 4.38. The monoisotopic (exact) mass is 267 g/mol. The fourth-order valence-corrected chi connectivity index (χ4v) is 2.50. The Morgan fingerprint density at radius 2 is 1.95 bits per heavy atom. The molecule has 1 aromatic carbocycles. The summed E-state index contributed by atoms with van der Waals surface area (Å²) in [6.45, 7) is 1.80. The van der Waals surface area contributed by atoms with E-state index in [1.165, 1.54) is 0 Å². The van der Waals surface area contributed by atoms with E-state index in [-0.39, 0.29) is 5.91 Å². The maximum absolute atomic E-state index is 12.1. The zero-order valence-corrected chi connectivity index (χ0v) is 10.9. The molecule has 1 aromatic heterocycles. The summed E-state index contributed by atoms with van der Waals surface area (Å²) in [6.07, 6.45) is 1.64. The topological polar surface area (TPSA) is 88.0 Å². The quantitative estimate of drug-likeness (QED) is 0.726. The second-order valence-corrected chi connectivity index (χ2v) is 4.63. The third-order valence-electron chi connectivity index (χ3n) is 3.43. The fraction of sp³-hybridized carbons (Fsp3) is 0.0667. The number of amides is 2. The third-order valence-corrected chi connectivity index (χ3v) is 3.43. The molecule has 5 nitrogen and oxygen atoms in total. The molecule has 2 heterocycles. The lowest BCUT2D eigenvalue weighted by atomic mass is 9.98. The average molecular weight is 267 g/mol. The van der Waals surface area contributed by atoms with Gasteiger partial charge in [0.2, 0.25) is 0 Å². The lowest BCUT2D eigenvalue weighted by molar-refractivity contribution is -0.110. The third kappa shape index (κ3) is 1.72. The molecule has 1 aliphatic rings. The van der Waals surface area contributed by atoms with Gasteiger partial charge in [0.05, 0.1) is 16.8 Å². The highest BCUT2D eigenvalue weighted by molar-refractivity contribution is 6.36. The summed E-state index contributed by atoms with van der Waals surface area (Å²) in [6, 6.07) is 9.06. The van der Waals surface area contributed by atoms with E-state index in [9.17, 15) is 9.59 Å². The number of aromatic amines is 1. The van der Waals surface area contributed by atoms with E-state index >= 15 is 0 Å². The summed E-state index contributed by atoms with van der Waals surface area (Å²) in [5.41, 5.74) is 9.18. The van der Waals surface area contributed by atoms with E-state index < -0.39 is 5.91 Å². The first-order valence-electron chi connectivity index (χ1n) is 6.18. The smallest absolute Gasteiger partial charge is 0.256 e. The van der Waals surface area contributed by atoms with Crippen LogP contribution in [0.25, 0.3) is 11.1 Å². The molecule has 3 rings (SSSR count). The van der Waals surface area contributed by atoms with E-state index in [1.54, 1.807) is 19.2 Å². The molecule has 0 bridgehead atoms. The van der Waals surface area contributed by atoms with Crippen molar-refractivity contribution in [1.82, 2.24) is 4.98 Å². The predicted molar refractivity (Wildman–Crippen MR) is 76.9 cm³/mol. The maximum atomic E-state index is 12.1. The number of hydrogen-bond acceptors (Lipinski definition) is 2. The summed E-state index contributed by atoms with van der Waals surface area (Å²) in [7, 11) is 0. The average Bonchev–Trinajstić information content (AvgIpc) is 3.01.